The van der Waals surface area contributed by atoms with Crippen molar-refractivity contribution < 1.29 is 20.1 Å². The first-order valence-electron chi connectivity index (χ1n) is 8.81. The minimum absolute atomic E-state index is 0.220. The van der Waals surface area contributed by atoms with Gasteiger partial charge in [0.25, 0.3) is 0 Å². The van der Waals surface area contributed by atoms with Crippen molar-refractivity contribution in [2.45, 2.75) is 63.9 Å². The predicted octanol–water partition coefficient (Wildman–Crippen LogP) is 4.16. The minimum Gasteiger partial charge on any atom is -0.481 e. The Balaban J connectivity index is 3.61. The molecule has 1 atom stereocenters. The smallest absolute Gasteiger partial charge is 0.303 e. The van der Waals surface area contributed by atoms with Crippen molar-refractivity contribution >= 4 is 5.97 Å². The number of carboxylic acids is 1. The Kier molecular flexibility index (Phi) is 16.5. The first-order chi connectivity index (χ1) is 11.7. The van der Waals surface area contributed by atoms with Gasteiger partial charge in [-0.2, -0.15) is 0 Å². The third kappa shape index (κ3) is 18.4. The summed E-state index contributed by atoms with van der Waals surface area (Å²) in [7, 11) is 0. The molecule has 0 aromatic heterocycles. The third-order valence-electron chi connectivity index (χ3n) is 3.35. The molecular formula is C20H32O4. The predicted molar refractivity (Wildman–Crippen MR) is 98.8 cm³/mol. The molecule has 0 aromatic rings. The number of aliphatic carboxylic acids is 1. The summed E-state index contributed by atoms with van der Waals surface area (Å²) in [6, 6.07) is 0. The van der Waals surface area contributed by atoms with Crippen LogP contribution in [0.25, 0.3) is 0 Å². The molecule has 0 aliphatic carbocycles. The number of unbranched alkanes of at least 4 members (excludes halogenated alkanes) is 4. The van der Waals surface area contributed by atoms with Gasteiger partial charge in [0, 0.05) is 13.0 Å². The number of aliphatic hydroxyl groups is 2. The zero-order chi connectivity index (χ0) is 17.9. The maximum atomic E-state index is 10.3. The quantitative estimate of drug-likeness (QED) is 0.238. The van der Waals surface area contributed by atoms with Crippen LogP contribution in [0.4, 0.5) is 0 Å². The van der Waals surface area contributed by atoms with Crippen molar-refractivity contribution in [1.29, 1.82) is 0 Å². The van der Waals surface area contributed by atoms with E-state index in [0.717, 1.165) is 38.5 Å². The average Bonchev–Trinajstić information content (AvgIpc) is 2.55. The highest BCUT2D eigenvalue weighted by atomic mass is 16.4. The molecule has 0 radical (unpaired) electrons. The van der Waals surface area contributed by atoms with Crippen LogP contribution in [-0.2, 0) is 4.79 Å². The molecule has 0 spiro atoms. The Morgan fingerprint density at radius 1 is 0.875 bits per heavy atom. The molecule has 136 valence electrons. The fourth-order valence-corrected chi connectivity index (χ4v) is 2.00. The minimum atomic E-state index is -0.747. The fraction of sp³-hybridized carbons (Fsp3) is 0.550. The van der Waals surface area contributed by atoms with E-state index in [1.807, 2.05) is 36.5 Å². The van der Waals surface area contributed by atoms with Crippen LogP contribution in [0, 0.1) is 0 Å². The highest BCUT2D eigenvalue weighted by molar-refractivity contribution is 5.66. The lowest BCUT2D eigenvalue weighted by molar-refractivity contribution is -0.137. The van der Waals surface area contributed by atoms with Crippen molar-refractivity contribution in [3.05, 3.63) is 48.6 Å². The van der Waals surface area contributed by atoms with Crippen molar-refractivity contribution in [3.8, 4) is 0 Å². The van der Waals surface area contributed by atoms with Crippen molar-refractivity contribution in [1.82, 2.24) is 0 Å². The van der Waals surface area contributed by atoms with E-state index in [-0.39, 0.29) is 13.0 Å². The first kappa shape index (κ1) is 22.4. The van der Waals surface area contributed by atoms with Crippen LogP contribution in [0.5, 0.6) is 0 Å². The lowest BCUT2D eigenvalue weighted by Crippen LogP contribution is -1.98. The molecule has 0 aliphatic rings. The SMILES string of the molecule is O=C(O)CCCC=CCC=CC=C[C@@H](O)CC=CCCCCCO. The van der Waals surface area contributed by atoms with Crippen LogP contribution in [0.2, 0.25) is 0 Å². The summed E-state index contributed by atoms with van der Waals surface area (Å²) < 4.78 is 0. The van der Waals surface area contributed by atoms with Gasteiger partial charge in [0.2, 0.25) is 0 Å². The van der Waals surface area contributed by atoms with Crippen LogP contribution < -0.4 is 0 Å². The lowest BCUT2D eigenvalue weighted by Gasteiger charge is -1.99. The van der Waals surface area contributed by atoms with Crippen molar-refractivity contribution in [2.75, 3.05) is 6.61 Å². The molecular weight excluding hydrogens is 304 g/mol. The molecule has 3 N–H and O–H groups in total. The summed E-state index contributed by atoms with van der Waals surface area (Å²) in [4.78, 5) is 10.3. The Morgan fingerprint density at radius 3 is 2.38 bits per heavy atom. The summed E-state index contributed by atoms with van der Waals surface area (Å²) in [6.07, 6.45) is 22.2. The standard InChI is InChI=1S/C20H32O4/c21-18-14-10-6-5-8-12-16-19(22)15-11-7-3-1-2-4-9-13-17-20(23)24/h2-4,7-8,11-12,15,19,21-22H,1,5-6,9-10,13-14,16-18H2,(H,23,24)/t19-/m1/s1. The molecule has 0 saturated carbocycles. The van der Waals surface area contributed by atoms with E-state index in [9.17, 15) is 9.90 Å². The lowest BCUT2D eigenvalue weighted by atomic mass is 10.1. The third-order valence-corrected chi connectivity index (χ3v) is 3.35. The van der Waals surface area contributed by atoms with E-state index in [0.29, 0.717) is 12.8 Å². The Morgan fingerprint density at radius 2 is 1.62 bits per heavy atom. The van der Waals surface area contributed by atoms with Crippen LogP contribution in [0.15, 0.2) is 48.6 Å². The van der Waals surface area contributed by atoms with Gasteiger partial charge in [-0.25, -0.2) is 0 Å². The van der Waals surface area contributed by atoms with Gasteiger partial charge in [-0.1, -0.05) is 55.0 Å². The second-order valence-corrected chi connectivity index (χ2v) is 5.65. The maximum Gasteiger partial charge on any atom is 0.303 e. The van der Waals surface area contributed by atoms with E-state index >= 15 is 0 Å². The van der Waals surface area contributed by atoms with Crippen LogP contribution in [0.1, 0.15) is 57.8 Å². The van der Waals surface area contributed by atoms with Crippen molar-refractivity contribution in [2.24, 2.45) is 0 Å². The molecule has 0 rings (SSSR count). The van der Waals surface area contributed by atoms with Gasteiger partial charge in [0.15, 0.2) is 0 Å². The normalized spacial score (nSPS) is 13.8. The molecule has 0 amide bonds. The van der Waals surface area contributed by atoms with Gasteiger partial charge in [-0.3, -0.25) is 4.79 Å². The summed E-state index contributed by atoms with van der Waals surface area (Å²) in [5.74, 6) is -0.747. The number of rotatable bonds is 15. The maximum absolute atomic E-state index is 10.3. The largest absolute Gasteiger partial charge is 0.481 e. The Hall–Kier alpha value is -1.65. The zero-order valence-corrected chi connectivity index (χ0v) is 14.5. The number of carbonyl (C=O) groups is 1. The van der Waals surface area contributed by atoms with Gasteiger partial charge in [0.1, 0.15) is 0 Å². The van der Waals surface area contributed by atoms with E-state index in [4.69, 9.17) is 10.2 Å². The topological polar surface area (TPSA) is 77.8 Å². The molecule has 0 heterocycles. The number of aliphatic hydroxyl groups excluding tert-OH is 2. The van der Waals surface area contributed by atoms with E-state index < -0.39 is 12.1 Å². The van der Waals surface area contributed by atoms with Gasteiger partial charge in [-0.15, -0.1) is 0 Å². The highest BCUT2D eigenvalue weighted by Crippen LogP contribution is 2.02. The van der Waals surface area contributed by atoms with Crippen LogP contribution in [0.3, 0.4) is 0 Å². The number of carboxylic acid groups (broad SMARTS) is 1. The molecule has 4 nitrogen and oxygen atoms in total. The summed E-state index contributed by atoms with van der Waals surface area (Å²) in [6.45, 7) is 0.265. The molecule has 0 aliphatic heterocycles. The molecule has 0 bridgehead atoms. The second-order valence-electron chi connectivity index (χ2n) is 5.65. The highest BCUT2D eigenvalue weighted by Gasteiger charge is 1.94. The fourth-order valence-electron chi connectivity index (χ4n) is 2.00. The molecule has 0 aromatic carbocycles. The van der Waals surface area contributed by atoms with E-state index in [2.05, 4.69) is 6.08 Å². The average molecular weight is 336 g/mol. The summed E-state index contributed by atoms with van der Waals surface area (Å²) in [5.41, 5.74) is 0. The monoisotopic (exact) mass is 336 g/mol. The molecule has 4 heteroatoms. The summed E-state index contributed by atoms with van der Waals surface area (Å²) in [5, 5.41) is 26.9. The molecule has 0 unspecified atom stereocenters. The van der Waals surface area contributed by atoms with Crippen LogP contribution in [-0.4, -0.2) is 34.0 Å². The number of hydrogen-bond donors (Lipinski definition) is 3. The van der Waals surface area contributed by atoms with Gasteiger partial charge in [0.05, 0.1) is 6.10 Å². The zero-order valence-electron chi connectivity index (χ0n) is 14.5. The van der Waals surface area contributed by atoms with Gasteiger partial charge >= 0.3 is 5.97 Å². The Labute approximate surface area is 145 Å². The molecule has 0 fully saturated rings. The molecule has 0 saturated heterocycles. The van der Waals surface area contributed by atoms with Crippen LogP contribution >= 0.6 is 0 Å². The van der Waals surface area contributed by atoms with Gasteiger partial charge in [-0.05, 0) is 44.9 Å². The van der Waals surface area contributed by atoms with Gasteiger partial charge < -0.3 is 15.3 Å². The second kappa shape index (κ2) is 17.7. The molecule has 24 heavy (non-hydrogen) atoms. The number of hydrogen-bond acceptors (Lipinski definition) is 3. The van der Waals surface area contributed by atoms with E-state index in [1.165, 1.54) is 0 Å². The first-order valence-corrected chi connectivity index (χ1v) is 8.81. The summed E-state index contributed by atoms with van der Waals surface area (Å²) >= 11 is 0. The van der Waals surface area contributed by atoms with E-state index in [1.54, 1.807) is 6.08 Å². The number of allylic oxidation sites excluding steroid dienone is 6. The van der Waals surface area contributed by atoms with Crippen molar-refractivity contribution in [3.63, 3.8) is 0 Å². The Bertz CT molecular complexity index is 408.